The van der Waals surface area contributed by atoms with Gasteiger partial charge < -0.3 is 4.90 Å². The summed E-state index contributed by atoms with van der Waals surface area (Å²) in [4.78, 5) is 13.7. The number of pyridine rings is 2. The lowest BCUT2D eigenvalue weighted by atomic mass is 10.2. The molecule has 4 heterocycles. The van der Waals surface area contributed by atoms with E-state index in [1.807, 2.05) is 29.5 Å². The highest BCUT2D eigenvalue weighted by Crippen LogP contribution is 2.23. The summed E-state index contributed by atoms with van der Waals surface area (Å²) in [6.45, 7) is 7.32. The number of fused-ring (bicyclic) bond motifs is 1. The first-order chi connectivity index (χ1) is 12.6. The first-order valence-corrected chi connectivity index (χ1v) is 9.29. The third kappa shape index (κ3) is 3.29. The highest BCUT2D eigenvalue weighted by atomic mass is 15.3. The minimum absolute atomic E-state index is 0.325. The van der Waals surface area contributed by atoms with Crippen LogP contribution in [0.1, 0.15) is 31.9 Å². The van der Waals surface area contributed by atoms with E-state index < -0.39 is 0 Å². The van der Waals surface area contributed by atoms with Gasteiger partial charge in [-0.25, -0.2) is 9.67 Å². The lowest BCUT2D eigenvalue weighted by molar-refractivity contribution is 0.250. The second-order valence-electron chi connectivity index (χ2n) is 7.45. The minimum Gasteiger partial charge on any atom is -0.370 e. The van der Waals surface area contributed by atoms with Gasteiger partial charge in [-0.05, 0) is 51.1 Å². The molecule has 1 aliphatic heterocycles. The van der Waals surface area contributed by atoms with Crippen molar-refractivity contribution < 1.29 is 0 Å². The van der Waals surface area contributed by atoms with Crippen molar-refractivity contribution in [3.63, 3.8) is 0 Å². The van der Waals surface area contributed by atoms with E-state index in [4.69, 9.17) is 0 Å². The maximum Gasteiger partial charge on any atom is 0.157 e. The molecule has 0 radical (unpaired) electrons. The van der Waals surface area contributed by atoms with Crippen molar-refractivity contribution in [2.24, 2.45) is 0 Å². The zero-order valence-electron chi connectivity index (χ0n) is 15.7. The summed E-state index contributed by atoms with van der Waals surface area (Å²) >= 11 is 0. The number of anilines is 1. The van der Waals surface area contributed by atoms with Gasteiger partial charge in [-0.2, -0.15) is 5.10 Å². The Morgan fingerprint density at radius 1 is 1.23 bits per heavy atom. The molecule has 1 fully saturated rings. The summed E-state index contributed by atoms with van der Waals surface area (Å²) in [7, 11) is 2.21. The lowest BCUT2D eigenvalue weighted by Gasteiger charge is -2.25. The van der Waals surface area contributed by atoms with E-state index in [2.05, 4.69) is 64.0 Å². The molecule has 3 aromatic heterocycles. The number of nitrogens with zero attached hydrogens (tertiary/aromatic N) is 6. The fourth-order valence-corrected chi connectivity index (χ4v) is 3.76. The molecule has 0 amide bonds. The maximum absolute atomic E-state index is 4.66. The van der Waals surface area contributed by atoms with E-state index in [1.54, 1.807) is 0 Å². The molecule has 1 atom stereocenters. The molecule has 3 aromatic rings. The van der Waals surface area contributed by atoms with Gasteiger partial charge in [-0.1, -0.05) is 0 Å². The lowest BCUT2D eigenvalue weighted by Crippen LogP contribution is -2.34. The molecule has 6 heteroatoms. The molecule has 6 nitrogen and oxygen atoms in total. The monoisotopic (exact) mass is 350 g/mol. The summed E-state index contributed by atoms with van der Waals surface area (Å²) in [5, 5.41) is 5.58. The standard InChI is InChI=1S/C20H26N6/c1-15(2)26-20-17(12-23-26)10-16(11-22-20)13-24(3)19-6-9-25(14-19)18-4-7-21-8-5-18/h4-5,7-8,10-12,15,19H,6,9,13-14H2,1-3H3. The van der Waals surface area contributed by atoms with E-state index >= 15 is 0 Å². The summed E-state index contributed by atoms with van der Waals surface area (Å²) in [5.41, 5.74) is 3.47. The molecule has 1 unspecified atom stereocenters. The number of hydrogen-bond acceptors (Lipinski definition) is 5. The molecule has 0 aliphatic carbocycles. The molecule has 0 N–H and O–H groups in total. The molecule has 26 heavy (non-hydrogen) atoms. The number of rotatable bonds is 5. The first kappa shape index (κ1) is 17.0. The van der Waals surface area contributed by atoms with Crippen molar-refractivity contribution in [1.82, 2.24) is 24.6 Å². The smallest absolute Gasteiger partial charge is 0.157 e. The summed E-state index contributed by atoms with van der Waals surface area (Å²) in [6, 6.07) is 7.28. The Kier molecular flexibility index (Phi) is 4.59. The number of hydrogen-bond donors (Lipinski definition) is 0. The van der Waals surface area contributed by atoms with Crippen LogP contribution in [-0.4, -0.2) is 50.8 Å². The number of aromatic nitrogens is 4. The van der Waals surface area contributed by atoms with Crippen LogP contribution in [0.5, 0.6) is 0 Å². The molecule has 1 saturated heterocycles. The van der Waals surface area contributed by atoms with Crippen LogP contribution in [0.4, 0.5) is 5.69 Å². The van der Waals surface area contributed by atoms with Gasteiger partial charge in [0.2, 0.25) is 0 Å². The predicted octanol–water partition coefficient (Wildman–Crippen LogP) is 3.12. The van der Waals surface area contributed by atoms with E-state index in [-0.39, 0.29) is 0 Å². The average Bonchev–Trinajstić information content (AvgIpc) is 3.29. The van der Waals surface area contributed by atoms with Crippen LogP contribution in [0, 0.1) is 0 Å². The van der Waals surface area contributed by atoms with Crippen molar-refractivity contribution >= 4 is 16.7 Å². The third-order valence-electron chi connectivity index (χ3n) is 5.23. The molecule has 0 saturated carbocycles. The van der Waals surface area contributed by atoms with E-state index in [9.17, 15) is 0 Å². The van der Waals surface area contributed by atoms with E-state index in [0.29, 0.717) is 12.1 Å². The van der Waals surface area contributed by atoms with Crippen LogP contribution in [0.25, 0.3) is 11.0 Å². The zero-order valence-corrected chi connectivity index (χ0v) is 15.7. The average molecular weight is 350 g/mol. The van der Waals surface area contributed by atoms with Crippen molar-refractivity contribution in [3.05, 3.63) is 48.5 Å². The Morgan fingerprint density at radius 3 is 2.81 bits per heavy atom. The molecule has 0 spiro atoms. The Morgan fingerprint density at radius 2 is 2.04 bits per heavy atom. The summed E-state index contributed by atoms with van der Waals surface area (Å²) < 4.78 is 1.98. The molecule has 0 aromatic carbocycles. The van der Waals surface area contributed by atoms with E-state index in [0.717, 1.165) is 30.7 Å². The quantitative estimate of drug-likeness (QED) is 0.708. The van der Waals surface area contributed by atoms with Crippen molar-refractivity contribution in [2.75, 3.05) is 25.0 Å². The van der Waals surface area contributed by atoms with Gasteiger partial charge in [-0.15, -0.1) is 0 Å². The Bertz CT molecular complexity index is 872. The van der Waals surface area contributed by atoms with Gasteiger partial charge in [0, 0.05) is 61.4 Å². The Hall–Kier alpha value is -2.47. The van der Waals surface area contributed by atoms with Gasteiger partial charge >= 0.3 is 0 Å². The molecule has 4 rings (SSSR count). The molecule has 0 bridgehead atoms. The van der Waals surface area contributed by atoms with Gasteiger partial charge in [0.25, 0.3) is 0 Å². The minimum atomic E-state index is 0.325. The summed E-state index contributed by atoms with van der Waals surface area (Å²) in [5.74, 6) is 0. The highest BCUT2D eigenvalue weighted by molar-refractivity contribution is 5.75. The third-order valence-corrected chi connectivity index (χ3v) is 5.23. The fraction of sp³-hybridized carbons (Fsp3) is 0.450. The normalized spacial score (nSPS) is 17.7. The van der Waals surface area contributed by atoms with Crippen LogP contribution < -0.4 is 4.90 Å². The molecular weight excluding hydrogens is 324 g/mol. The number of likely N-dealkylation sites (N-methyl/N-ethyl adjacent to an activating group) is 1. The van der Waals surface area contributed by atoms with Crippen molar-refractivity contribution in [1.29, 1.82) is 0 Å². The van der Waals surface area contributed by atoms with Crippen LogP contribution in [-0.2, 0) is 6.54 Å². The zero-order chi connectivity index (χ0) is 18.1. The topological polar surface area (TPSA) is 50.1 Å². The van der Waals surface area contributed by atoms with Gasteiger partial charge in [0.05, 0.1) is 6.20 Å². The second-order valence-corrected chi connectivity index (χ2v) is 7.45. The molecule has 136 valence electrons. The van der Waals surface area contributed by atoms with Crippen LogP contribution in [0.15, 0.2) is 43.0 Å². The fourth-order valence-electron chi connectivity index (χ4n) is 3.76. The first-order valence-electron chi connectivity index (χ1n) is 9.29. The largest absolute Gasteiger partial charge is 0.370 e. The predicted molar refractivity (Wildman–Crippen MR) is 104 cm³/mol. The summed E-state index contributed by atoms with van der Waals surface area (Å²) in [6.07, 6.45) is 8.83. The van der Waals surface area contributed by atoms with Crippen LogP contribution in [0.2, 0.25) is 0 Å². The van der Waals surface area contributed by atoms with Crippen LogP contribution in [0.3, 0.4) is 0 Å². The van der Waals surface area contributed by atoms with Crippen LogP contribution >= 0.6 is 0 Å². The maximum atomic E-state index is 4.66. The molecule has 1 aliphatic rings. The SMILES string of the molecule is CC(C)n1ncc2cc(CN(C)C3CCN(c4ccncc4)C3)cnc21. The van der Waals surface area contributed by atoms with Gasteiger partial charge in [0.1, 0.15) is 0 Å². The Labute approximate surface area is 154 Å². The van der Waals surface area contributed by atoms with Gasteiger partial charge in [-0.3, -0.25) is 9.88 Å². The van der Waals surface area contributed by atoms with Crippen molar-refractivity contribution in [3.8, 4) is 0 Å². The van der Waals surface area contributed by atoms with Gasteiger partial charge in [0.15, 0.2) is 5.65 Å². The second kappa shape index (κ2) is 7.03. The Balaban J connectivity index is 1.43. The molecular formula is C20H26N6. The van der Waals surface area contributed by atoms with E-state index in [1.165, 1.54) is 17.7 Å². The highest BCUT2D eigenvalue weighted by Gasteiger charge is 2.26. The van der Waals surface area contributed by atoms with Crippen molar-refractivity contribution in [2.45, 2.75) is 38.9 Å².